The van der Waals surface area contributed by atoms with Crippen molar-refractivity contribution >= 4 is 17.3 Å². The van der Waals surface area contributed by atoms with Crippen molar-refractivity contribution in [1.82, 2.24) is 5.32 Å². The molecule has 0 bridgehead atoms. The third-order valence-electron chi connectivity index (χ3n) is 4.53. The fourth-order valence-electron chi connectivity index (χ4n) is 2.99. The molecule has 0 aromatic heterocycles. The van der Waals surface area contributed by atoms with Gasteiger partial charge in [0.05, 0.1) is 4.92 Å². The van der Waals surface area contributed by atoms with E-state index in [4.69, 9.17) is 0 Å². The highest BCUT2D eigenvalue weighted by atomic mass is 16.6. The maximum absolute atomic E-state index is 11.8. The Bertz CT molecular complexity index is 590. The molecule has 6 nitrogen and oxygen atoms in total. The van der Waals surface area contributed by atoms with E-state index in [0.29, 0.717) is 5.56 Å². The van der Waals surface area contributed by atoms with Crippen LogP contribution in [0.5, 0.6) is 0 Å². The molecule has 6 heteroatoms. The number of rotatable bonds is 4. The summed E-state index contributed by atoms with van der Waals surface area (Å²) in [5, 5.41) is 14.0. The Hall–Kier alpha value is -2.11. The van der Waals surface area contributed by atoms with Crippen LogP contribution in [0, 0.1) is 23.0 Å². The van der Waals surface area contributed by atoms with Gasteiger partial charge in [-0.2, -0.15) is 0 Å². The lowest BCUT2D eigenvalue weighted by Crippen LogP contribution is -2.45. The first-order chi connectivity index (χ1) is 10.5. The Labute approximate surface area is 129 Å². The Morgan fingerprint density at radius 3 is 2.50 bits per heavy atom. The molecule has 22 heavy (non-hydrogen) atoms. The second-order valence-electron chi connectivity index (χ2n) is 6.27. The number of nitro groups is 1. The summed E-state index contributed by atoms with van der Waals surface area (Å²) in [4.78, 5) is 24.5. The number of aryl methyl sites for hydroxylation is 1. The molecule has 1 aliphatic carbocycles. The van der Waals surface area contributed by atoms with E-state index in [9.17, 15) is 14.9 Å². The first-order valence-electron chi connectivity index (χ1n) is 7.85. The minimum atomic E-state index is -0.348. The van der Waals surface area contributed by atoms with Crippen molar-refractivity contribution in [3.63, 3.8) is 0 Å². The van der Waals surface area contributed by atoms with E-state index in [0.717, 1.165) is 44.5 Å². The van der Waals surface area contributed by atoms with Gasteiger partial charge in [0.2, 0.25) is 5.91 Å². The monoisotopic (exact) mass is 303 g/mol. The van der Waals surface area contributed by atoms with Gasteiger partial charge in [-0.15, -0.1) is 0 Å². The van der Waals surface area contributed by atoms with Crippen LogP contribution in [0.25, 0.3) is 0 Å². The summed E-state index contributed by atoms with van der Waals surface area (Å²) in [5.74, 6) is 0.472. The summed E-state index contributed by atoms with van der Waals surface area (Å²) in [6.07, 6.45) is 3.92. The highest BCUT2D eigenvalue weighted by molar-refractivity contribution is 5.81. The zero-order chi connectivity index (χ0) is 15.7. The normalized spacial score (nSPS) is 19.0. The van der Waals surface area contributed by atoms with Gasteiger partial charge in [0.1, 0.15) is 0 Å². The van der Waals surface area contributed by atoms with Crippen LogP contribution in [0.2, 0.25) is 0 Å². The summed E-state index contributed by atoms with van der Waals surface area (Å²) in [5.41, 5.74) is 1.87. The molecule has 1 saturated heterocycles. The van der Waals surface area contributed by atoms with E-state index in [1.54, 1.807) is 13.0 Å². The van der Waals surface area contributed by atoms with Crippen LogP contribution in [-0.2, 0) is 4.79 Å². The van der Waals surface area contributed by atoms with Gasteiger partial charge in [-0.05, 0) is 44.7 Å². The highest BCUT2D eigenvalue weighted by Gasteiger charge is 2.31. The fraction of sp³-hybridized carbons (Fsp3) is 0.562. The van der Waals surface area contributed by atoms with Crippen molar-refractivity contribution in [2.45, 2.75) is 38.6 Å². The van der Waals surface area contributed by atoms with Crippen molar-refractivity contribution in [1.29, 1.82) is 0 Å². The van der Waals surface area contributed by atoms with E-state index in [1.165, 1.54) is 0 Å². The molecule has 2 fully saturated rings. The largest absolute Gasteiger partial charge is 0.371 e. The van der Waals surface area contributed by atoms with Gasteiger partial charge in [0, 0.05) is 42.4 Å². The van der Waals surface area contributed by atoms with Gasteiger partial charge in [-0.25, -0.2) is 0 Å². The number of piperidine rings is 1. The Morgan fingerprint density at radius 2 is 1.95 bits per heavy atom. The molecule has 1 saturated carbocycles. The van der Waals surface area contributed by atoms with Crippen LogP contribution < -0.4 is 10.2 Å². The van der Waals surface area contributed by atoms with Crippen LogP contribution in [0.15, 0.2) is 18.2 Å². The molecule has 0 spiro atoms. The summed E-state index contributed by atoms with van der Waals surface area (Å²) in [7, 11) is 0. The molecule has 1 aromatic carbocycles. The molecule has 0 unspecified atom stereocenters. The van der Waals surface area contributed by atoms with E-state index >= 15 is 0 Å². The van der Waals surface area contributed by atoms with Gasteiger partial charge in [-0.3, -0.25) is 14.9 Å². The van der Waals surface area contributed by atoms with Gasteiger partial charge in [0.15, 0.2) is 0 Å². The number of hydrogen-bond acceptors (Lipinski definition) is 4. The van der Waals surface area contributed by atoms with E-state index in [-0.39, 0.29) is 28.5 Å². The second-order valence-corrected chi connectivity index (χ2v) is 6.27. The number of nitrogens with zero attached hydrogens (tertiary/aromatic N) is 2. The molecule has 1 amide bonds. The SMILES string of the molecule is Cc1cc(N2CCC(NC(=O)C3CC3)CC2)ccc1[N+](=O)[O-]. The number of nitrogens with one attached hydrogen (secondary N) is 1. The molecule has 1 aliphatic heterocycles. The summed E-state index contributed by atoms with van der Waals surface area (Å²) in [6.45, 7) is 3.50. The zero-order valence-corrected chi connectivity index (χ0v) is 12.7. The predicted octanol–water partition coefficient (Wildman–Crippen LogP) is 2.40. The smallest absolute Gasteiger partial charge is 0.272 e. The number of hydrogen-bond donors (Lipinski definition) is 1. The Kier molecular flexibility index (Phi) is 4.00. The molecule has 1 N–H and O–H groups in total. The number of nitro benzene ring substituents is 1. The maximum atomic E-state index is 11.8. The number of anilines is 1. The highest BCUT2D eigenvalue weighted by Crippen LogP contribution is 2.30. The Morgan fingerprint density at radius 1 is 1.27 bits per heavy atom. The van der Waals surface area contributed by atoms with E-state index < -0.39 is 0 Å². The first-order valence-corrected chi connectivity index (χ1v) is 7.85. The van der Waals surface area contributed by atoms with Crippen LogP contribution in [0.4, 0.5) is 11.4 Å². The van der Waals surface area contributed by atoms with Gasteiger partial charge in [-0.1, -0.05) is 0 Å². The van der Waals surface area contributed by atoms with E-state index in [1.807, 2.05) is 12.1 Å². The molecule has 1 heterocycles. The minimum absolute atomic E-state index is 0.162. The molecule has 118 valence electrons. The van der Waals surface area contributed by atoms with Crippen molar-refractivity contribution in [3.05, 3.63) is 33.9 Å². The first kappa shape index (κ1) is 14.8. The standard InChI is InChI=1S/C16H21N3O3/c1-11-10-14(4-5-15(11)19(21)22)18-8-6-13(7-9-18)17-16(20)12-2-3-12/h4-5,10,12-13H,2-3,6-9H2,1H3,(H,17,20). The summed E-state index contributed by atoms with van der Waals surface area (Å²) < 4.78 is 0. The molecule has 0 radical (unpaired) electrons. The minimum Gasteiger partial charge on any atom is -0.371 e. The van der Waals surface area contributed by atoms with Crippen molar-refractivity contribution in [2.24, 2.45) is 5.92 Å². The predicted molar refractivity (Wildman–Crippen MR) is 83.9 cm³/mol. The van der Waals surface area contributed by atoms with Gasteiger partial charge >= 0.3 is 0 Å². The topological polar surface area (TPSA) is 75.5 Å². The quantitative estimate of drug-likeness (QED) is 0.684. The number of carbonyl (C=O) groups excluding carboxylic acids is 1. The average Bonchev–Trinajstić information content (AvgIpc) is 3.32. The maximum Gasteiger partial charge on any atom is 0.272 e. The molecule has 0 atom stereocenters. The Balaban J connectivity index is 1.57. The van der Waals surface area contributed by atoms with Crippen LogP contribution >= 0.6 is 0 Å². The third-order valence-corrected chi connectivity index (χ3v) is 4.53. The molecule has 2 aliphatic rings. The van der Waals surface area contributed by atoms with Gasteiger partial charge < -0.3 is 10.2 Å². The summed E-state index contributed by atoms with van der Waals surface area (Å²) >= 11 is 0. The summed E-state index contributed by atoms with van der Waals surface area (Å²) in [6, 6.07) is 5.53. The number of amides is 1. The lowest BCUT2D eigenvalue weighted by atomic mass is 10.0. The van der Waals surface area contributed by atoms with E-state index in [2.05, 4.69) is 10.2 Å². The number of benzene rings is 1. The molecule has 1 aromatic rings. The lowest BCUT2D eigenvalue weighted by Gasteiger charge is -2.34. The van der Waals surface area contributed by atoms with Crippen molar-refractivity contribution in [2.75, 3.05) is 18.0 Å². The zero-order valence-electron chi connectivity index (χ0n) is 12.7. The second kappa shape index (κ2) is 5.94. The number of carbonyl (C=O) groups is 1. The average molecular weight is 303 g/mol. The molecular formula is C16H21N3O3. The van der Waals surface area contributed by atoms with Gasteiger partial charge in [0.25, 0.3) is 5.69 Å². The third kappa shape index (κ3) is 3.21. The lowest BCUT2D eigenvalue weighted by molar-refractivity contribution is -0.385. The van der Waals surface area contributed by atoms with Crippen LogP contribution in [0.3, 0.4) is 0 Å². The molecule has 3 rings (SSSR count). The van der Waals surface area contributed by atoms with Crippen molar-refractivity contribution < 1.29 is 9.72 Å². The van der Waals surface area contributed by atoms with Crippen LogP contribution in [0.1, 0.15) is 31.2 Å². The van der Waals surface area contributed by atoms with Crippen molar-refractivity contribution in [3.8, 4) is 0 Å². The van der Waals surface area contributed by atoms with Crippen LogP contribution in [-0.4, -0.2) is 30.0 Å². The fourth-order valence-corrected chi connectivity index (χ4v) is 2.99. The molecular weight excluding hydrogens is 282 g/mol.